The van der Waals surface area contributed by atoms with Crippen molar-refractivity contribution >= 4 is 65.4 Å². The van der Waals surface area contributed by atoms with Gasteiger partial charge in [0.05, 0.1) is 29.1 Å². The zero-order valence-electron chi connectivity index (χ0n) is 16.3. The molecular weight excluding hydrogens is 458 g/mol. The van der Waals surface area contributed by atoms with Crippen molar-refractivity contribution in [3.63, 3.8) is 0 Å². The van der Waals surface area contributed by atoms with Gasteiger partial charge in [0.2, 0.25) is 15.9 Å². The van der Waals surface area contributed by atoms with Crippen LogP contribution in [0.25, 0.3) is 21.3 Å². The van der Waals surface area contributed by atoms with Crippen molar-refractivity contribution in [1.29, 1.82) is 0 Å². The van der Waals surface area contributed by atoms with E-state index in [1.165, 1.54) is 21.7 Å². The summed E-state index contributed by atoms with van der Waals surface area (Å²) in [5.74, 6) is 0.309. The number of fused-ring (bicyclic) bond motifs is 2. The lowest BCUT2D eigenvalue weighted by atomic mass is 10.2. The Labute approximate surface area is 186 Å². The van der Waals surface area contributed by atoms with Crippen molar-refractivity contribution in [2.75, 3.05) is 19.0 Å². The van der Waals surface area contributed by atoms with Gasteiger partial charge in [0, 0.05) is 6.54 Å². The highest BCUT2D eigenvalue weighted by Gasteiger charge is 2.40. The van der Waals surface area contributed by atoms with E-state index in [0.717, 1.165) is 21.9 Å². The first-order valence-corrected chi connectivity index (χ1v) is 12.4. The lowest BCUT2D eigenvalue weighted by Gasteiger charge is -2.23. The van der Waals surface area contributed by atoms with E-state index in [1.807, 2.05) is 12.1 Å². The van der Waals surface area contributed by atoms with E-state index in [9.17, 15) is 13.2 Å². The Hall–Kier alpha value is -2.67. The highest BCUT2D eigenvalue weighted by molar-refractivity contribution is 7.89. The molecule has 4 aromatic rings. The number of sulfonamides is 1. The molecule has 31 heavy (non-hydrogen) atoms. The van der Waals surface area contributed by atoms with Crippen LogP contribution >= 0.6 is 23.1 Å². The molecule has 0 radical (unpaired) electrons. The van der Waals surface area contributed by atoms with Gasteiger partial charge in [0.25, 0.3) is 0 Å². The number of ether oxygens (including phenoxy) is 1. The number of nitrogens with zero attached hydrogens (tertiary/aromatic N) is 4. The summed E-state index contributed by atoms with van der Waals surface area (Å²) in [4.78, 5) is 17.5. The molecule has 0 aliphatic carbocycles. The van der Waals surface area contributed by atoms with Gasteiger partial charge in [-0.25, -0.2) is 13.4 Å². The maximum absolute atomic E-state index is 13.4. The van der Waals surface area contributed by atoms with E-state index in [1.54, 1.807) is 25.3 Å². The topological polar surface area (TPSA) is 114 Å². The minimum atomic E-state index is -3.91. The third-order valence-electron chi connectivity index (χ3n) is 5.17. The summed E-state index contributed by atoms with van der Waals surface area (Å²) in [5.41, 5.74) is 1.59. The number of thiazole rings is 1. The SMILES string of the molecule is COc1ccc2nc(NC(=O)[C@H]3CCCN3S(=O)(=O)c3cccc4nsnc34)sc2c1. The van der Waals surface area contributed by atoms with Gasteiger partial charge in [0.15, 0.2) is 5.13 Å². The molecule has 2 aromatic carbocycles. The molecule has 1 N–H and O–H groups in total. The molecule has 12 heteroatoms. The van der Waals surface area contributed by atoms with E-state index in [2.05, 4.69) is 19.0 Å². The summed E-state index contributed by atoms with van der Waals surface area (Å²) in [5, 5.41) is 3.21. The summed E-state index contributed by atoms with van der Waals surface area (Å²) in [6, 6.07) is 9.51. The lowest BCUT2D eigenvalue weighted by Crippen LogP contribution is -2.43. The molecule has 0 spiro atoms. The Balaban J connectivity index is 1.42. The number of benzene rings is 2. The van der Waals surface area contributed by atoms with Crippen LogP contribution in [0.1, 0.15) is 12.8 Å². The van der Waals surface area contributed by atoms with Gasteiger partial charge in [-0.1, -0.05) is 17.4 Å². The number of aromatic nitrogens is 3. The number of rotatable bonds is 5. The average molecular weight is 476 g/mol. The molecule has 2 aromatic heterocycles. The van der Waals surface area contributed by atoms with Gasteiger partial charge in [-0.3, -0.25) is 4.79 Å². The zero-order chi connectivity index (χ0) is 21.6. The number of hydrogen-bond donors (Lipinski definition) is 1. The van der Waals surface area contributed by atoms with Crippen LogP contribution < -0.4 is 10.1 Å². The summed E-state index contributed by atoms with van der Waals surface area (Å²) in [6.07, 6.45) is 1.04. The second kappa shape index (κ2) is 7.79. The molecule has 160 valence electrons. The largest absolute Gasteiger partial charge is 0.497 e. The molecule has 9 nitrogen and oxygen atoms in total. The molecular formula is C19H17N5O4S3. The maximum atomic E-state index is 13.4. The third-order valence-corrected chi connectivity index (χ3v) is 8.58. The van der Waals surface area contributed by atoms with Crippen LogP contribution in [-0.2, 0) is 14.8 Å². The van der Waals surface area contributed by atoms with Crippen LogP contribution in [0.4, 0.5) is 5.13 Å². The summed E-state index contributed by atoms with van der Waals surface area (Å²) in [7, 11) is -2.33. The number of carbonyl (C=O) groups is 1. The number of anilines is 1. The normalized spacial score (nSPS) is 17.4. The first kappa shape index (κ1) is 20.2. The van der Waals surface area contributed by atoms with Crippen LogP contribution in [0.5, 0.6) is 5.75 Å². The van der Waals surface area contributed by atoms with E-state index in [4.69, 9.17) is 4.74 Å². The molecule has 1 fully saturated rings. The summed E-state index contributed by atoms with van der Waals surface area (Å²) < 4.78 is 42.4. The Kier molecular flexibility index (Phi) is 5.08. The Morgan fingerprint density at radius 1 is 1.23 bits per heavy atom. The smallest absolute Gasteiger partial charge is 0.246 e. The molecule has 1 aliphatic heterocycles. The molecule has 1 amide bonds. The highest BCUT2D eigenvalue weighted by atomic mass is 32.2. The third kappa shape index (κ3) is 3.55. The fourth-order valence-electron chi connectivity index (χ4n) is 3.68. The van der Waals surface area contributed by atoms with Gasteiger partial charge in [0.1, 0.15) is 27.7 Å². The number of amides is 1. The van der Waals surface area contributed by atoms with E-state index in [0.29, 0.717) is 34.8 Å². The molecule has 1 saturated heterocycles. The van der Waals surface area contributed by atoms with E-state index >= 15 is 0 Å². The predicted octanol–water partition coefficient (Wildman–Crippen LogP) is 3.10. The van der Waals surface area contributed by atoms with Crippen molar-refractivity contribution in [2.45, 2.75) is 23.8 Å². The van der Waals surface area contributed by atoms with Gasteiger partial charge < -0.3 is 10.1 Å². The predicted molar refractivity (Wildman–Crippen MR) is 119 cm³/mol. The molecule has 0 bridgehead atoms. The Morgan fingerprint density at radius 3 is 2.94 bits per heavy atom. The number of hydrogen-bond acceptors (Lipinski definition) is 9. The minimum Gasteiger partial charge on any atom is -0.497 e. The monoisotopic (exact) mass is 475 g/mol. The number of carbonyl (C=O) groups excluding carboxylic acids is 1. The van der Waals surface area contributed by atoms with Crippen molar-refractivity contribution in [2.24, 2.45) is 0 Å². The number of nitrogens with one attached hydrogen (secondary N) is 1. The fraction of sp³-hybridized carbons (Fsp3) is 0.263. The zero-order valence-corrected chi connectivity index (χ0v) is 18.8. The first-order valence-electron chi connectivity index (χ1n) is 9.46. The molecule has 5 rings (SSSR count). The van der Waals surface area contributed by atoms with Gasteiger partial charge in [-0.2, -0.15) is 13.1 Å². The lowest BCUT2D eigenvalue weighted by molar-refractivity contribution is -0.119. The van der Waals surface area contributed by atoms with Crippen molar-refractivity contribution < 1.29 is 17.9 Å². The first-order chi connectivity index (χ1) is 15.0. The fourth-order valence-corrected chi connectivity index (χ4v) is 6.99. The van der Waals surface area contributed by atoms with Crippen LogP contribution in [-0.4, -0.2) is 52.1 Å². The van der Waals surface area contributed by atoms with Gasteiger partial charge >= 0.3 is 0 Å². The molecule has 0 saturated carbocycles. The maximum Gasteiger partial charge on any atom is 0.246 e. The molecule has 0 unspecified atom stereocenters. The summed E-state index contributed by atoms with van der Waals surface area (Å²) >= 11 is 2.28. The van der Waals surface area contributed by atoms with E-state index < -0.39 is 22.0 Å². The molecule has 3 heterocycles. The van der Waals surface area contributed by atoms with Crippen LogP contribution in [0.15, 0.2) is 41.3 Å². The average Bonchev–Trinajstić information content (AvgIpc) is 3.51. The van der Waals surface area contributed by atoms with Crippen LogP contribution in [0.3, 0.4) is 0 Å². The van der Waals surface area contributed by atoms with Gasteiger partial charge in [-0.05, 0) is 43.2 Å². The summed E-state index contributed by atoms with van der Waals surface area (Å²) in [6.45, 7) is 0.269. The quantitative estimate of drug-likeness (QED) is 0.472. The standard InChI is InChI=1S/C19H17N5O4S3/c1-28-11-7-8-12-15(10-11)29-19(20-12)21-18(25)14-5-3-9-24(14)31(26,27)16-6-2-4-13-17(16)23-30-22-13/h2,4,6-8,10,14H,3,5,9H2,1H3,(H,20,21,25)/t14-/m1/s1. The Morgan fingerprint density at radius 2 is 2.10 bits per heavy atom. The second-order valence-corrected chi connectivity index (χ2v) is 10.4. The minimum absolute atomic E-state index is 0.0746. The number of methoxy groups -OCH3 is 1. The van der Waals surface area contributed by atoms with E-state index in [-0.39, 0.29) is 11.4 Å². The Bertz CT molecular complexity index is 1400. The highest BCUT2D eigenvalue weighted by Crippen LogP contribution is 2.32. The molecule has 1 atom stereocenters. The van der Waals surface area contributed by atoms with Crippen molar-refractivity contribution in [3.8, 4) is 5.75 Å². The van der Waals surface area contributed by atoms with Crippen molar-refractivity contribution in [1.82, 2.24) is 18.0 Å². The van der Waals surface area contributed by atoms with Crippen molar-refractivity contribution in [3.05, 3.63) is 36.4 Å². The van der Waals surface area contributed by atoms with Gasteiger partial charge in [-0.15, -0.1) is 0 Å². The second-order valence-electron chi connectivity index (χ2n) is 7.00. The van der Waals surface area contributed by atoms with Crippen LogP contribution in [0.2, 0.25) is 0 Å². The van der Waals surface area contributed by atoms with Crippen LogP contribution in [0, 0.1) is 0 Å². The molecule has 1 aliphatic rings.